The van der Waals surface area contributed by atoms with Gasteiger partial charge in [-0.15, -0.1) is 0 Å². The highest BCUT2D eigenvalue weighted by molar-refractivity contribution is 5.92. The van der Waals surface area contributed by atoms with Gasteiger partial charge in [0, 0.05) is 12.2 Å². The third-order valence-corrected chi connectivity index (χ3v) is 2.73. The molecule has 0 spiro atoms. The summed E-state index contributed by atoms with van der Waals surface area (Å²) in [5, 5.41) is 2.87. The molecular formula is C15H17N3O. The van der Waals surface area contributed by atoms with Crippen LogP contribution in [0.5, 0.6) is 0 Å². The molecule has 0 unspecified atom stereocenters. The molecule has 0 saturated heterocycles. The van der Waals surface area contributed by atoms with Gasteiger partial charge in [0.25, 0.3) is 5.91 Å². The second-order valence-electron chi connectivity index (χ2n) is 4.61. The average molecular weight is 255 g/mol. The zero-order valence-electron chi connectivity index (χ0n) is 11.4. The van der Waals surface area contributed by atoms with Gasteiger partial charge in [0.05, 0.1) is 0 Å². The second-order valence-corrected chi connectivity index (χ2v) is 4.61. The van der Waals surface area contributed by atoms with Crippen molar-refractivity contribution >= 4 is 5.91 Å². The van der Waals surface area contributed by atoms with Crippen LogP contribution in [0, 0.1) is 20.8 Å². The van der Waals surface area contributed by atoms with Gasteiger partial charge in [0.1, 0.15) is 11.5 Å². The maximum atomic E-state index is 12.0. The summed E-state index contributed by atoms with van der Waals surface area (Å²) in [5.41, 5.74) is 3.47. The fraction of sp³-hybridized carbons (Fsp3) is 0.267. The first-order valence-corrected chi connectivity index (χ1v) is 6.20. The van der Waals surface area contributed by atoms with Crippen LogP contribution in [0.3, 0.4) is 0 Å². The van der Waals surface area contributed by atoms with Crippen molar-refractivity contribution in [2.24, 2.45) is 0 Å². The highest BCUT2D eigenvalue weighted by atomic mass is 16.1. The first-order chi connectivity index (χ1) is 9.04. The number of carbonyl (C=O) groups excluding carboxylic acids is 1. The minimum Gasteiger partial charge on any atom is -0.347 e. The summed E-state index contributed by atoms with van der Waals surface area (Å²) in [5.74, 6) is 0.441. The first-order valence-electron chi connectivity index (χ1n) is 6.20. The number of carbonyl (C=O) groups is 1. The van der Waals surface area contributed by atoms with Crippen molar-refractivity contribution in [3.63, 3.8) is 0 Å². The number of nitrogens with one attached hydrogen (secondary N) is 1. The summed E-state index contributed by atoms with van der Waals surface area (Å²) in [6.45, 7) is 6.17. The number of amides is 1. The minimum atomic E-state index is -0.171. The highest BCUT2D eigenvalue weighted by Crippen LogP contribution is 2.04. The number of nitrogens with zero attached hydrogens (tertiary/aromatic N) is 2. The number of rotatable bonds is 3. The van der Waals surface area contributed by atoms with Crippen molar-refractivity contribution in [3.05, 3.63) is 58.7 Å². The Morgan fingerprint density at radius 3 is 2.63 bits per heavy atom. The summed E-state index contributed by atoms with van der Waals surface area (Å²) in [6.07, 6.45) is 0. The molecule has 0 atom stereocenters. The third kappa shape index (κ3) is 3.61. The molecule has 98 valence electrons. The van der Waals surface area contributed by atoms with E-state index in [0.29, 0.717) is 18.1 Å². The summed E-state index contributed by atoms with van der Waals surface area (Å²) in [4.78, 5) is 20.3. The Hall–Kier alpha value is -2.23. The lowest BCUT2D eigenvalue weighted by atomic mass is 10.1. The molecule has 1 aromatic heterocycles. The Bertz CT molecular complexity index is 588. The monoisotopic (exact) mass is 255 g/mol. The van der Waals surface area contributed by atoms with Crippen LogP contribution in [0.2, 0.25) is 0 Å². The zero-order valence-corrected chi connectivity index (χ0v) is 11.4. The minimum absolute atomic E-state index is 0.171. The number of benzene rings is 1. The molecule has 19 heavy (non-hydrogen) atoms. The molecule has 2 rings (SSSR count). The van der Waals surface area contributed by atoms with Crippen molar-refractivity contribution in [2.75, 3.05) is 0 Å². The number of hydrogen-bond donors (Lipinski definition) is 1. The van der Waals surface area contributed by atoms with Crippen molar-refractivity contribution in [1.82, 2.24) is 15.3 Å². The van der Waals surface area contributed by atoms with Gasteiger partial charge in [0.2, 0.25) is 0 Å². The largest absolute Gasteiger partial charge is 0.347 e. The van der Waals surface area contributed by atoms with Crippen molar-refractivity contribution in [1.29, 1.82) is 0 Å². The number of hydrogen-bond acceptors (Lipinski definition) is 3. The Morgan fingerprint density at radius 2 is 1.95 bits per heavy atom. The van der Waals surface area contributed by atoms with E-state index in [0.717, 1.165) is 11.3 Å². The van der Waals surface area contributed by atoms with Gasteiger partial charge in [-0.05, 0) is 32.4 Å². The molecule has 0 aliphatic rings. The standard InChI is InChI=1S/C15H17N3O/c1-10-5-4-6-13(7-10)9-16-15(19)14-8-11(2)17-12(3)18-14/h4-8H,9H2,1-3H3,(H,16,19). The predicted molar refractivity (Wildman–Crippen MR) is 73.9 cm³/mol. The van der Waals surface area contributed by atoms with E-state index in [-0.39, 0.29) is 5.91 Å². The summed E-state index contributed by atoms with van der Waals surface area (Å²) >= 11 is 0. The molecule has 0 saturated carbocycles. The summed E-state index contributed by atoms with van der Waals surface area (Å²) in [6, 6.07) is 9.75. The number of aryl methyl sites for hydroxylation is 3. The van der Waals surface area contributed by atoms with E-state index in [9.17, 15) is 4.79 Å². The second kappa shape index (κ2) is 5.61. The molecule has 0 bridgehead atoms. The molecule has 1 aromatic carbocycles. The topological polar surface area (TPSA) is 54.9 Å². The van der Waals surface area contributed by atoms with Gasteiger partial charge in [-0.3, -0.25) is 4.79 Å². The average Bonchev–Trinajstić information content (AvgIpc) is 2.35. The molecule has 0 aliphatic carbocycles. The lowest BCUT2D eigenvalue weighted by Crippen LogP contribution is -2.24. The fourth-order valence-electron chi connectivity index (χ4n) is 1.93. The SMILES string of the molecule is Cc1cccc(CNC(=O)c2cc(C)nc(C)n2)c1. The maximum Gasteiger partial charge on any atom is 0.270 e. The summed E-state index contributed by atoms with van der Waals surface area (Å²) < 4.78 is 0. The van der Waals surface area contributed by atoms with Gasteiger partial charge < -0.3 is 5.32 Å². The van der Waals surface area contributed by atoms with Crippen LogP contribution in [0.15, 0.2) is 30.3 Å². The molecule has 1 N–H and O–H groups in total. The smallest absolute Gasteiger partial charge is 0.270 e. The normalized spacial score (nSPS) is 10.3. The van der Waals surface area contributed by atoms with Crippen LogP contribution >= 0.6 is 0 Å². The van der Waals surface area contributed by atoms with Gasteiger partial charge >= 0.3 is 0 Å². The van der Waals surface area contributed by atoms with Gasteiger partial charge in [0.15, 0.2) is 0 Å². The zero-order chi connectivity index (χ0) is 13.8. The molecule has 2 aromatic rings. The van der Waals surface area contributed by atoms with Crippen LogP contribution in [0.25, 0.3) is 0 Å². The molecule has 0 radical (unpaired) electrons. The molecule has 0 fully saturated rings. The maximum absolute atomic E-state index is 12.0. The molecule has 1 heterocycles. The van der Waals surface area contributed by atoms with Gasteiger partial charge in [-0.1, -0.05) is 29.8 Å². The van der Waals surface area contributed by atoms with Gasteiger partial charge in [-0.25, -0.2) is 9.97 Å². The van der Waals surface area contributed by atoms with Gasteiger partial charge in [-0.2, -0.15) is 0 Å². The van der Waals surface area contributed by atoms with Crippen molar-refractivity contribution in [3.8, 4) is 0 Å². The highest BCUT2D eigenvalue weighted by Gasteiger charge is 2.08. The lowest BCUT2D eigenvalue weighted by molar-refractivity contribution is 0.0945. The van der Waals surface area contributed by atoms with Crippen molar-refractivity contribution < 1.29 is 4.79 Å². The van der Waals surface area contributed by atoms with E-state index in [2.05, 4.69) is 21.4 Å². The van der Waals surface area contributed by atoms with E-state index >= 15 is 0 Å². The lowest BCUT2D eigenvalue weighted by Gasteiger charge is -2.06. The third-order valence-electron chi connectivity index (χ3n) is 2.73. The Kier molecular flexibility index (Phi) is 3.90. The van der Waals surface area contributed by atoms with Crippen LogP contribution in [0.1, 0.15) is 33.1 Å². The van der Waals surface area contributed by atoms with E-state index in [1.807, 2.05) is 32.0 Å². The Balaban J connectivity index is 2.05. The van der Waals surface area contributed by atoms with E-state index in [4.69, 9.17) is 0 Å². The molecule has 0 aliphatic heterocycles. The van der Waals surface area contributed by atoms with E-state index in [1.54, 1.807) is 13.0 Å². The Labute approximate surface area is 112 Å². The molecular weight excluding hydrogens is 238 g/mol. The van der Waals surface area contributed by atoms with Crippen LogP contribution < -0.4 is 5.32 Å². The van der Waals surface area contributed by atoms with Crippen LogP contribution in [-0.4, -0.2) is 15.9 Å². The Morgan fingerprint density at radius 1 is 1.16 bits per heavy atom. The summed E-state index contributed by atoms with van der Waals surface area (Å²) in [7, 11) is 0. The van der Waals surface area contributed by atoms with Crippen molar-refractivity contribution in [2.45, 2.75) is 27.3 Å². The molecule has 1 amide bonds. The van der Waals surface area contributed by atoms with E-state index < -0.39 is 0 Å². The number of aromatic nitrogens is 2. The quantitative estimate of drug-likeness (QED) is 0.915. The van der Waals surface area contributed by atoms with Crippen LogP contribution in [0.4, 0.5) is 0 Å². The fourth-order valence-corrected chi connectivity index (χ4v) is 1.93. The first kappa shape index (κ1) is 13.2. The molecule has 4 nitrogen and oxygen atoms in total. The molecule has 4 heteroatoms. The van der Waals surface area contributed by atoms with E-state index in [1.165, 1.54) is 5.56 Å². The van der Waals surface area contributed by atoms with Crippen LogP contribution in [-0.2, 0) is 6.54 Å². The predicted octanol–water partition coefficient (Wildman–Crippen LogP) is 2.33.